The van der Waals surface area contributed by atoms with E-state index < -0.39 is 5.41 Å². The van der Waals surface area contributed by atoms with Crippen LogP contribution in [0.4, 0.5) is 34.1 Å². The van der Waals surface area contributed by atoms with Gasteiger partial charge in [-0.1, -0.05) is 269 Å². The van der Waals surface area contributed by atoms with Crippen molar-refractivity contribution in [2.45, 2.75) is 24.7 Å². The smallest absolute Gasteiger partial charge is 0.170 e. The summed E-state index contributed by atoms with van der Waals surface area (Å²) in [7, 11) is 0. The topological polar surface area (TPSA) is 61.5 Å². The highest BCUT2D eigenvalue weighted by Crippen LogP contribution is 2.59. The Morgan fingerprint density at radius 1 is 0.237 bits per heavy atom. The monoisotopic (exact) mass is 1520 g/mol. The lowest BCUT2D eigenvalue weighted by molar-refractivity contribution is 0.360. The average Bonchev–Trinajstić information content (AvgIpc) is 1.53. The van der Waals surface area contributed by atoms with Gasteiger partial charge in [-0.05, 0) is 229 Å². The molecule has 118 heavy (non-hydrogen) atoms. The zero-order valence-corrected chi connectivity index (χ0v) is 64.6. The molecule has 0 unspecified atom stereocenters. The molecule has 0 fully saturated rings. The van der Waals surface area contributed by atoms with Crippen LogP contribution < -0.4 is 28.7 Å². The molecule has 18 aromatic carbocycles. The summed E-state index contributed by atoms with van der Waals surface area (Å²) in [6.07, 6.45) is 0. The molecule has 0 bridgehead atoms. The minimum atomic E-state index is -0.526. The molecule has 4 heterocycles. The quantitative estimate of drug-likeness (QED) is 0.128. The Kier molecular flexibility index (Phi) is 15.7. The van der Waals surface area contributed by atoms with Crippen LogP contribution >= 0.6 is 0 Å². The number of rotatable bonds is 11. The van der Waals surface area contributed by atoms with Crippen molar-refractivity contribution >= 4 is 88.6 Å². The van der Waals surface area contributed by atoms with Gasteiger partial charge < -0.3 is 37.7 Å². The molecular formula is C110H73N3O5. The van der Waals surface area contributed by atoms with Gasteiger partial charge in [0.25, 0.3) is 0 Å². The molecule has 8 nitrogen and oxygen atoms in total. The van der Waals surface area contributed by atoms with Crippen molar-refractivity contribution in [2.75, 3.05) is 9.80 Å². The molecule has 0 saturated carbocycles. The van der Waals surface area contributed by atoms with Gasteiger partial charge in [-0.2, -0.15) is 0 Å². The van der Waals surface area contributed by atoms with Gasteiger partial charge in [0.15, 0.2) is 46.0 Å². The second-order valence-electron chi connectivity index (χ2n) is 31.3. The Hall–Kier alpha value is -15.4. The van der Waals surface area contributed by atoms with Crippen LogP contribution in [0.1, 0.15) is 47.2 Å². The normalized spacial score (nSPS) is 13.2. The molecular weight excluding hydrogens is 1440 g/mol. The molecule has 2 aliphatic carbocycles. The SMILES string of the molecule is CC1(C)c2ccccc2-c2ccc(N(c3ccc4c(c3)c3ccccc3n4-c3ccccc3)c3ccc(-c4ccc5c(c4)Oc4ccccc4O5)c4ccccc34)cc21.c1ccc(C2(c3ccccc3)c3ccccc3-c3ccc(N(c4ccc(-c5ccc6c(c5)Oc5ccccc5O6)cc4)c4ccc5c(c4)oc4ccccc45)cc32)cc1. The summed E-state index contributed by atoms with van der Waals surface area (Å²) in [4.78, 5) is 4.81. The van der Waals surface area contributed by atoms with E-state index in [9.17, 15) is 0 Å². The van der Waals surface area contributed by atoms with E-state index in [-0.39, 0.29) is 5.41 Å². The van der Waals surface area contributed by atoms with Crippen LogP contribution in [0.5, 0.6) is 46.0 Å². The number of fused-ring (bicyclic) bond motifs is 17. The highest BCUT2D eigenvalue weighted by Gasteiger charge is 2.47. The maximum absolute atomic E-state index is 6.48. The van der Waals surface area contributed by atoms with E-state index in [1.165, 1.54) is 77.4 Å². The number of anilines is 6. The molecule has 0 saturated heterocycles. The lowest BCUT2D eigenvalue weighted by Crippen LogP contribution is -2.28. The third-order valence-corrected chi connectivity index (χ3v) is 24.5. The summed E-state index contributed by atoms with van der Waals surface area (Å²) in [5.74, 6) is 5.71. The van der Waals surface area contributed by atoms with Crippen LogP contribution in [0.2, 0.25) is 0 Å². The first kappa shape index (κ1) is 68.2. The zero-order chi connectivity index (χ0) is 78.2. The lowest BCUT2D eigenvalue weighted by Gasteiger charge is -2.35. The Balaban J connectivity index is 0.000000138. The van der Waals surface area contributed by atoms with Gasteiger partial charge in [0.05, 0.1) is 22.1 Å². The van der Waals surface area contributed by atoms with Crippen LogP contribution in [0, 0.1) is 0 Å². The lowest BCUT2D eigenvalue weighted by atomic mass is 9.67. The zero-order valence-electron chi connectivity index (χ0n) is 64.6. The molecule has 558 valence electrons. The Labute approximate surface area is 682 Å². The highest BCUT2D eigenvalue weighted by atomic mass is 16.6. The van der Waals surface area contributed by atoms with Gasteiger partial charge in [-0.15, -0.1) is 0 Å². The van der Waals surface area contributed by atoms with Gasteiger partial charge in [0.1, 0.15) is 11.2 Å². The number of ether oxygens (including phenoxy) is 4. The van der Waals surface area contributed by atoms with Crippen molar-refractivity contribution in [2.24, 2.45) is 0 Å². The maximum atomic E-state index is 6.48. The predicted molar refractivity (Wildman–Crippen MR) is 480 cm³/mol. The summed E-state index contributed by atoms with van der Waals surface area (Å²) in [6.45, 7) is 4.71. The molecule has 4 aliphatic rings. The van der Waals surface area contributed by atoms with Gasteiger partial charge in [-0.3, -0.25) is 0 Å². The number of nitrogens with zero attached hydrogens (tertiary/aromatic N) is 3. The Morgan fingerprint density at radius 3 is 1.36 bits per heavy atom. The van der Waals surface area contributed by atoms with Crippen LogP contribution in [0.15, 0.2) is 411 Å². The van der Waals surface area contributed by atoms with Crippen molar-refractivity contribution in [1.29, 1.82) is 0 Å². The van der Waals surface area contributed by atoms with Gasteiger partial charge in [-0.25, -0.2) is 0 Å². The minimum Gasteiger partial charge on any atom is -0.456 e. The minimum absolute atomic E-state index is 0.147. The molecule has 20 aromatic rings. The Morgan fingerprint density at radius 2 is 0.678 bits per heavy atom. The molecule has 0 spiro atoms. The number of aromatic nitrogens is 1. The van der Waals surface area contributed by atoms with Crippen molar-refractivity contribution in [3.05, 3.63) is 440 Å². The first-order valence-corrected chi connectivity index (χ1v) is 40.2. The van der Waals surface area contributed by atoms with Crippen molar-refractivity contribution in [3.63, 3.8) is 0 Å². The van der Waals surface area contributed by atoms with Crippen molar-refractivity contribution in [3.8, 4) is 96.2 Å². The summed E-state index contributed by atoms with van der Waals surface area (Å²) in [5.41, 5.74) is 28.1. The first-order valence-electron chi connectivity index (χ1n) is 40.2. The average molecular weight is 1520 g/mol. The maximum Gasteiger partial charge on any atom is 0.170 e. The number of hydrogen-bond acceptors (Lipinski definition) is 7. The molecule has 24 rings (SSSR count). The fraction of sp³-hybridized carbons (Fsp3) is 0.0364. The van der Waals surface area contributed by atoms with E-state index in [0.717, 1.165) is 112 Å². The van der Waals surface area contributed by atoms with Crippen LogP contribution in [0.3, 0.4) is 0 Å². The van der Waals surface area contributed by atoms with Gasteiger partial charge >= 0.3 is 0 Å². The first-order chi connectivity index (χ1) is 58.2. The molecule has 8 heteroatoms. The number of hydrogen-bond donors (Lipinski definition) is 0. The van der Waals surface area contributed by atoms with Gasteiger partial charge in [0, 0.05) is 72.5 Å². The van der Waals surface area contributed by atoms with E-state index in [4.69, 9.17) is 23.4 Å². The third-order valence-electron chi connectivity index (χ3n) is 24.5. The van der Waals surface area contributed by atoms with E-state index in [2.05, 4.69) is 362 Å². The molecule has 0 radical (unpaired) electrons. The third kappa shape index (κ3) is 10.9. The predicted octanol–water partition coefficient (Wildman–Crippen LogP) is 30.3. The summed E-state index contributed by atoms with van der Waals surface area (Å²) in [5, 5.41) is 6.94. The highest BCUT2D eigenvalue weighted by molar-refractivity contribution is 6.13. The Bertz CT molecular complexity index is 7390. The molecule has 2 aliphatic heterocycles. The van der Waals surface area contributed by atoms with E-state index >= 15 is 0 Å². The fourth-order valence-electron chi connectivity index (χ4n) is 19.0. The van der Waals surface area contributed by atoms with Crippen molar-refractivity contribution in [1.82, 2.24) is 4.57 Å². The summed E-state index contributed by atoms with van der Waals surface area (Å²) in [6, 6.07) is 145. The van der Waals surface area contributed by atoms with E-state index in [1.807, 2.05) is 72.8 Å². The van der Waals surface area contributed by atoms with Gasteiger partial charge in [0.2, 0.25) is 0 Å². The van der Waals surface area contributed by atoms with E-state index in [0.29, 0.717) is 28.7 Å². The summed E-state index contributed by atoms with van der Waals surface area (Å²) >= 11 is 0. The van der Waals surface area contributed by atoms with Crippen LogP contribution in [-0.4, -0.2) is 4.57 Å². The molecule has 0 N–H and O–H groups in total. The van der Waals surface area contributed by atoms with Crippen LogP contribution in [-0.2, 0) is 10.8 Å². The largest absolute Gasteiger partial charge is 0.456 e. The second-order valence-corrected chi connectivity index (χ2v) is 31.3. The molecule has 2 aromatic heterocycles. The van der Waals surface area contributed by atoms with Crippen molar-refractivity contribution < 1.29 is 23.4 Å². The molecule has 0 amide bonds. The number of benzene rings is 18. The van der Waals surface area contributed by atoms with E-state index in [1.54, 1.807) is 0 Å². The summed E-state index contributed by atoms with van der Waals surface area (Å²) < 4.78 is 33.9. The number of para-hydroxylation sites is 7. The fourth-order valence-corrected chi connectivity index (χ4v) is 19.0. The standard InChI is InChI=1S/C55H38N2O2.C55H35NO3/c1-55(2)46-20-10-8-17-41(46)42-27-25-38(34-47(42)55)56(37-26-29-50-45(33-37)44-19-9-11-21-48(44)57(50)36-14-4-3-5-15-36)49-30-28-39(40-16-6-7-18-43(40)49)35-24-31-53-54(32-35)59-52-23-13-12-22-51(52)58-53;1-3-13-38(14-4-1)55(39-15-5-2-6-16-39)47-19-9-7-17-43(47)44-30-28-41(34-48(44)55)56(42-29-31-46-45-18-8-10-20-49(45)57-53(46)35-42)40-26-23-36(24-27-40)37-25-32-52-54(33-37)59-51-22-12-11-21-50(51)58-52/h3-34H,1-2H3;1-35H. The van der Waals surface area contributed by atoms with Crippen LogP contribution in [0.25, 0.3) is 105 Å². The molecule has 0 atom stereocenters. The second kappa shape index (κ2) is 27.2. The number of furan rings is 1.